The predicted octanol–water partition coefficient (Wildman–Crippen LogP) is 4.04. The summed E-state index contributed by atoms with van der Waals surface area (Å²) < 4.78 is 5.96. The molecule has 0 bridgehead atoms. The summed E-state index contributed by atoms with van der Waals surface area (Å²) in [6.45, 7) is 4.19. The largest absolute Gasteiger partial charge is 0.444 e. The SMILES string of the molecule is O=C(c1ccc(Br)o1)N1CCCN(Cc2ccc(Cl)cc2)CC1. The van der Waals surface area contributed by atoms with Gasteiger partial charge in [0.15, 0.2) is 10.4 Å². The molecule has 0 atom stereocenters. The Balaban J connectivity index is 1.58. The Bertz CT molecular complexity index is 671. The Kier molecular flexibility index (Phi) is 5.41. The smallest absolute Gasteiger partial charge is 0.289 e. The van der Waals surface area contributed by atoms with Gasteiger partial charge in [0.1, 0.15) is 0 Å². The van der Waals surface area contributed by atoms with E-state index in [2.05, 4.69) is 33.0 Å². The van der Waals surface area contributed by atoms with E-state index in [1.54, 1.807) is 12.1 Å². The topological polar surface area (TPSA) is 36.7 Å². The Morgan fingerprint density at radius 2 is 1.87 bits per heavy atom. The number of halogens is 2. The zero-order valence-electron chi connectivity index (χ0n) is 12.7. The molecular weight excluding hydrogens is 380 g/mol. The minimum absolute atomic E-state index is 0.0379. The van der Waals surface area contributed by atoms with Crippen LogP contribution < -0.4 is 0 Å². The highest BCUT2D eigenvalue weighted by Crippen LogP contribution is 2.17. The predicted molar refractivity (Wildman–Crippen MR) is 93.7 cm³/mol. The quantitative estimate of drug-likeness (QED) is 0.784. The zero-order valence-corrected chi connectivity index (χ0v) is 15.0. The van der Waals surface area contributed by atoms with Gasteiger partial charge >= 0.3 is 0 Å². The van der Waals surface area contributed by atoms with Crippen LogP contribution in [0.1, 0.15) is 22.5 Å². The van der Waals surface area contributed by atoms with Crippen LogP contribution >= 0.6 is 27.5 Å². The first-order valence-corrected chi connectivity index (χ1v) is 8.80. The number of carbonyl (C=O) groups is 1. The van der Waals surface area contributed by atoms with Crippen LogP contribution in [0.2, 0.25) is 5.02 Å². The van der Waals surface area contributed by atoms with Crippen LogP contribution in [0, 0.1) is 0 Å². The van der Waals surface area contributed by atoms with Crippen LogP contribution in [0.3, 0.4) is 0 Å². The van der Waals surface area contributed by atoms with E-state index in [1.165, 1.54) is 5.56 Å². The molecule has 1 aromatic carbocycles. The number of hydrogen-bond donors (Lipinski definition) is 0. The third kappa shape index (κ3) is 4.37. The van der Waals surface area contributed by atoms with Gasteiger partial charge in [-0.05, 0) is 52.2 Å². The van der Waals surface area contributed by atoms with Crippen molar-refractivity contribution in [1.82, 2.24) is 9.80 Å². The minimum Gasteiger partial charge on any atom is -0.444 e. The molecule has 3 rings (SSSR count). The molecule has 1 fully saturated rings. The van der Waals surface area contributed by atoms with Gasteiger partial charge < -0.3 is 9.32 Å². The van der Waals surface area contributed by atoms with Gasteiger partial charge in [0, 0.05) is 37.7 Å². The van der Waals surface area contributed by atoms with Crippen molar-refractivity contribution >= 4 is 33.4 Å². The first kappa shape index (κ1) is 16.6. The Morgan fingerprint density at radius 3 is 2.57 bits per heavy atom. The average Bonchev–Trinajstić information content (AvgIpc) is 2.84. The second kappa shape index (κ2) is 7.51. The van der Waals surface area contributed by atoms with Crippen molar-refractivity contribution in [1.29, 1.82) is 0 Å². The van der Waals surface area contributed by atoms with Gasteiger partial charge in [-0.1, -0.05) is 23.7 Å². The summed E-state index contributed by atoms with van der Waals surface area (Å²) in [4.78, 5) is 16.7. The molecule has 1 aliphatic rings. The molecule has 0 N–H and O–H groups in total. The van der Waals surface area contributed by atoms with Gasteiger partial charge in [0.2, 0.25) is 0 Å². The van der Waals surface area contributed by atoms with Gasteiger partial charge in [0.05, 0.1) is 0 Å². The summed E-state index contributed by atoms with van der Waals surface area (Å²) in [5.74, 6) is 0.354. The normalized spacial score (nSPS) is 16.3. The van der Waals surface area contributed by atoms with Gasteiger partial charge in [0.25, 0.3) is 5.91 Å². The molecule has 4 nitrogen and oxygen atoms in total. The molecule has 0 aliphatic carbocycles. The molecule has 0 unspecified atom stereocenters. The van der Waals surface area contributed by atoms with Crippen LogP contribution in [0.4, 0.5) is 0 Å². The van der Waals surface area contributed by atoms with E-state index in [0.717, 1.165) is 37.6 Å². The maximum absolute atomic E-state index is 12.4. The third-order valence-corrected chi connectivity index (χ3v) is 4.66. The number of amides is 1. The van der Waals surface area contributed by atoms with E-state index in [4.69, 9.17) is 16.0 Å². The zero-order chi connectivity index (χ0) is 16.2. The second-order valence-corrected chi connectivity index (χ2v) is 6.87. The number of nitrogens with zero attached hydrogens (tertiary/aromatic N) is 2. The van der Waals surface area contributed by atoms with Crippen molar-refractivity contribution in [2.24, 2.45) is 0 Å². The Morgan fingerprint density at radius 1 is 1.09 bits per heavy atom. The number of carbonyl (C=O) groups excluding carboxylic acids is 1. The minimum atomic E-state index is -0.0379. The van der Waals surface area contributed by atoms with Gasteiger partial charge in [-0.3, -0.25) is 9.69 Å². The summed E-state index contributed by atoms with van der Waals surface area (Å²) in [6, 6.07) is 11.4. The lowest BCUT2D eigenvalue weighted by Crippen LogP contribution is -2.34. The summed E-state index contributed by atoms with van der Waals surface area (Å²) in [6.07, 6.45) is 0.960. The van der Waals surface area contributed by atoms with E-state index in [-0.39, 0.29) is 5.91 Å². The van der Waals surface area contributed by atoms with Crippen molar-refractivity contribution in [3.05, 3.63) is 57.4 Å². The van der Waals surface area contributed by atoms with Crippen LogP contribution in [0.15, 0.2) is 45.5 Å². The number of benzene rings is 1. The highest BCUT2D eigenvalue weighted by Gasteiger charge is 2.22. The molecule has 1 amide bonds. The molecule has 1 aromatic heterocycles. The van der Waals surface area contributed by atoms with Gasteiger partial charge in [-0.25, -0.2) is 0 Å². The lowest BCUT2D eigenvalue weighted by molar-refractivity contribution is 0.0728. The molecule has 1 saturated heterocycles. The molecule has 0 saturated carbocycles. The molecule has 2 heterocycles. The summed E-state index contributed by atoms with van der Waals surface area (Å²) >= 11 is 9.16. The first-order valence-electron chi connectivity index (χ1n) is 7.63. The van der Waals surface area contributed by atoms with Crippen LogP contribution in [0.25, 0.3) is 0 Å². The molecule has 23 heavy (non-hydrogen) atoms. The fraction of sp³-hybridized carbons (Fsp3) is 0.353. The molecule has 6 heteroatoms. The van der Waals surface area contributed by atoms with E-state index in [0.29, 0.717) is 17.0 Å². The molecule has 0 spiro atoms. The summed E-state index contributed by atoms with van der Waals surface area (Å²) in [5, 5.41) is 0.756. The van der Waals surface area contributed by atoms with Gasteiger partial charge in [-0.2, -0.15) is 0 Å². The standard InChI is InChI=1S/C17H18BrClN2O2/c18-16-7-6-15(23-16)17(22)21-9-1-8-20(10-11-21)12-13-2-4-14(19)5-3-13/h2-7H,1,8-12H2. The lowest BCUT2D eigenvalue weighted by Gasteiger charge is -2.21. The Labute approximate surface area is 149 Å². The molecule has 0 radical (unpaired) electrons. The van der Waals surface area contributed by atoms with Crippen molar-refractivity contribution in [2.75, 3.05) is 26.2 Å². The average molecular weight is 398 g/mol. The van der Waals surface area contributed by atoms with Crippen molar-refractivity contribution in [3.63, 3.8) is 0 Å². The fourth-order valence-electron chi connectivity index (χ4n) is 2.77. The highest BCUT2D eigenvalue weighted by atomic mass is 79.9. The summed E-state index contributed by atoms with van der Waals surface area (Å²) in [7, 11) is 0. The maximum atomic E-state index is 12.4. The number of rotatable bonds is 3. The first-order chi connectivity index (χ1) is 11.1. The monoisotopic (exact) mass is 396 g/mol. The maximum Gasteiger partial charge on any atom is 0.289 e. The third-order valence-electron chi connectivity index (χ3n) is 3.98. The number of furan rings is 1. The van der Waals surface area contributed by atoms with Crippen LogP contribution in [-0.2, 0) is 6.54 Å². The van der Waals surface area contributed by atoms with Gasteiger partial charge in [-0.15, -0.1) is 0 Å². The molecule has 2 aromatic rings. The summed E-state index contributed by atoms with van der Waals surface area (Å²) in [5.41, 5.74) is 1.24. The van der Waals surface area contributed by atoms with E-state index in [1.807, 2.05) is 17.0 Å². The molecular formula is C17H18BrClN2O2. The van der Waals surface area contributed by atoms with Crippen molar-refractivity contribution in [2.45, 2.75) is 13.0 Å². The Hall–Kier alpha value is -1.30. The van der Waals surface area contributed by atoms with E-state index in [9.17, 15) is 4.79 Å². The lowest BCUT2D eigenvalue weighted by atomic mass is 10.2. The van der Waals surface area contributed by atoms with E-state index >= 15 is 0 Å². The molecule has 1 aliphatic heterocycles. The fourth-order valence-corrected chi connectivity index (χ4v) is 3.20. The van der Waals surface area contributed by atoms with Crippen LogP contribution in [-0.4, -0.2) is 41.9 Å². The number of hydrogen-bond acceptors (Lipinski definition) is 3. The highest BCUT2D eigenvalue weighted by molar-refractivity contribution is 9.10. The molecule has 122 valence electrons. The second-order valence-electron chi connectivity index (χ2n) is 5.65. The van der Waals surface area contributed by atoms with Crippen molar-refractivity contribution in [3.8, 4) is 0 Å². The van der Waals surface area contributed by atoms with E-state index < -0.39 is 0 Å². The van der Waals surface area contributed by atoms with Crippen molar-refractivity contribution < 1.29 is 9.21 Å². The van der Waals surface area contributed by atoms with Crippen LogP contribution in [0.5, 0.6) is 0 Å².